The van der Waals surface area contributed by atoms with Gasteiger partial charge in [0, 0.05) is 37.9 Å². The van der Waals surface area contributed by atoms with Crippen LogP contribution in [-0.4, -0.2) is 52.6 Å². The van der Waals surface area contributed by atoms with Gasteiger partial charge in [0.05, 0.1) is 22.9 Å². The standard InChI is InChI=1S/C24H27ClF3N3O3.H2/c1-4-34-18-7-5-15(13-16(18)25)21(33)30-11-9-23(10-12-30)19-8-6-17(20(32)24(26,27)28)31(19)14-22(2,3)29-23;/h5-8,13,29H,4,9-12,14H2,1-3H3;1H. The van der Waals surface area contributed by atoms with E-state index in [0.717, 1.165) is 0 Å². The molecule has 2 aliphatic rings. The zero-order valence-corrected chi connectivity index (χ0v) is 20.0. The normalized spacial score (nSPS) is 19.1. The van der Waals surface area contributed by atoms with Crippen molar-refractivity contribution in [2.45, 2.75) is 57.4 Å². The van der Waals surface area contributed by atoms with Gasteiger partial charge < -0.3 is 14.2 Å². The Labute approximate surface area is 202 Å². The number of fused-ring (bicyclic) bond motifs is 2. The van der Waals surface area contributed by atoms with E-state index in [4.69, 9.17) is 16.3 Å². The third-order valence-corrected chi connectivity index (χ3v) is 6.77. The predicted octanol–water partition coefficient (Wildman–Crippen LogP) is 5.04. The van der Waals surface area contributed by atoms with E-state index < -0.39 is 23.0 Å². The van der Waals surface area contributed by atoms with E-state index >= 15 is 0 Å². The van der Waals surface area contributed by atoms with Crippen molar-refractivity contribution in [1.29, 1.82) is 0 Å². The van der Waals surface area contributed by atoms with Crippen LogP contribution >= 0.6 is 11.6 Å². The molecule has 0 aliphatic carbocycles. The largest absolute Gasteiger partial charge is 0.492 e. The monoisotopic (exact) mass is 499 g/mol. The fourth-order valence-electron chi connectivity index (χ4n) is 5.11. The minimum absolute atomic E-state index is 0. The molecule has 10 heteroatoms. The summed E-state index contributed by atoms with van der Waals surface area (Å²) in [6.07, 6.45) is -3.95. The molecule has 3 heterocycles. The van der Waals surface area contributed by atoms with Gasteiger partial charge in [-0.2, -0.15) is 13.2 Å². The number of carbonyl (C=O) groups is 2. The molecule has 2 aromatic rings. The van der Waals surface area contributed by atoms with Crippen LogP contribution in [0.25, 0.3) is 0 Å². The SMILES string of the molecule is CCOc1ccc(C(=O)N2CCC3(CC2)NC(C)(C)Cn2c(C(=O)C(F)(F)F)ccc23)cc1Cl.[HH]. The lowest BCUT2D eigenvalue weighted by Gasteiger charge is -2.51. The molecule has 0 bridgehead atoms. The van der Waals surface area contributed by atoms with E-state index in [9.17, 15) is 22.8 Å². The summed E-state index contributed by atoms with van der Waals surface area (Å²) >= 11 is 6.24. The van der Waals surface area contributed by atoms with Gasteiger partial charge in [-0.3, -0.25) is 14.9 Å². The average molecular weight is 500 g/mol. The molecule has 0 saturated carbocycles. The van der Waals surface area contributed by atoms with Crippen LogP contribution in [0.2, 0.25) is 5.02 Å². The molecule has 1 amide bonds. The van der Waals surface area contributed by atoms with Gasteiger partial charge in [0.15, 0.2) is 0 Å². The Morgan fingerprint density at radius 3 is 2.44 bits per heavy atom. The number of halogens is 4. The van der Waals surface area contributed by atoms with Crippen LogP contribution in [0.1, 0.15) is 61.6 Å². The lowest BCUT2D eigenvalue weighted by Crippen LogP contribution is -2.63. The molecule has 0 atom stereocenters. The fraction of sp³-hybridized carbons (Fsp3) is 0.500. The third kappa shape index (κ3) is 4.43. The summed E-state index contributed by atoms with van der Waals surface area (Å²) in [7, 11) is 0. The maximum Gasteiger partial charge on any atom is 0.456 e. The highest BCUT2D eigenvalue weighted by atomic mass is 35.5. The van der Waals surface area contributed by atoms with Gasteiger partial charge in [0.25, 0.3) is 11.7 Å². The van der Waals surface area contributed by atoms with Crippen LogP contribution in [0.3, 0.4) is 0 Å². The van der Waals surface area contributed by atoms with Crippen molar-refractivity contribution >= 4 is 23.3 Å². The Hall–Kier alpha value is -2.52. The highest BCUT2D eigenvalue weighted by molar-refractivity contribution is 6.32. The molecule has 6 nitrogen and oxygen atoms in total. The predicted molar refractivity (Wildman–Crippen MR) is 124 cm³/mol. The number of amides is 1. The van der Waals surface area contributed by atoms with Crippen molar-refractivity contribution < 1.29 is 28.9 Å². The Balaban J connectivity index is 0.00000342. The second kappa shape index (κ2) is 8.61. The van der Waals surface area contributed by atoms with Gasteiger partial charge in [0.1, 0.15) is 5.75 Å². The first-order chi connectivity index (χ1) is 15.9. The zero-order chi connectivity index (χ0) is 24.9. The van der Waals surface area contributed by atoms with Gasteiger partial charge in [-0.25, -0.2) is 0 Å². The van der Waals surface area contributed by atoms with Crippen LogP contribution in [0.15, 0.2) is 30.3 Å². The summed E-state index contributed by atoms with van der Waals surface area (Å²) in [4.78, 5) is 26.9. The van der Waals surface area contributed by atoms with Gasteiger partial charge in [-0.1, -0.05) is 11.6 Å². The number of carbonyl (C=O) groups excluding carboxylic acids is 2. The van der Waals surface area contributed by atoms with Crippen LogP contribution in [0.5, 0.6) is 5.75 Å². The second-order valence-corrected chi connectivity index (χ2v) is 9.89. The smallest absolute Gasteiger partial charge is 0.456 e. The van der Waals surface area contributed by atoms with Crippen LogP contribution < -0.4 is 10.1 Å². The number of alkyl halides is 3. The summed E-state index contributed by atoms with van der Waals surface area (Å²) in [5.74, 6) is -1.50. The van der Waals surface area contributed by atoms with Crippen molar-refractivity contribution in [2.24, 2.45) is 0 Å². The van der Waals surface area contributed by atoms with Gasteiger partial charge >= 0.3 is 6.18 Å². The Kier molecular flexibility index (Phi) is 6.23. The molecule has 1 spiro atoms. The van der Waals surface area contributed by atoms with E-state index in [1.165, 1.54) is 10.6 Å². The number of ketones is 1. The Morgan fingerprint density at radius 2 is 1.85 bits per heavy atom. The summed E-state index contributed by atoms with van der Waals surface area (Å²) in [6.45, 7) is 7.15. The van der Waals surface area contributed by atoms with Gasteiger partial charge in [-0.15, -0.1) is 0 Å². The van der Waals surface area contributed by atoms with Crippen LogP contribution in [-0.2, 0) is 12.1 Å². The number of benzene rings is 1. The minimum atomic E-state index is -4.94. The fourth-order valence-corrected chi connectivity index (χ4v) is 5.34. The first kappa shape index (κ1) is 24.6. The summed E-state index contributed by atoms with van der Waals surface area (Å²) in [6, 6.07) is 7.79. The number of hydrogen-bond donors (Lipinski definition) is 1. The topological polar surface area (TPSA) is 63.6 Å². The van der Waals surface area contributed by atoms with Crippen molar-refractivity contribution in [2.75, 3.05) is 19.7 Å². The molecular formula is C24H29ClF3N3O3. The first-order valence-electron chi connectivity index (χ1n) is 11.2. The molecule has 34 heavy (non-hydrogen) atoms. The summed E-state index contributed by atoms with van der Waals surface area (Å²) in [5.41, 5.74) is -0.432. The number of rotatable bonds is 4. The molecule has 1 aromatic heterocycles. The number of aromatic nitrogens is 1. The number of ether oxygens (including phenoxy) is 1. The molecule has 1 aromatic carbocycles. The molecule has 1 saturated heterocycles. The van der Waals surface area contributed by atoms with E-state index in [2.05, 4.69) is 5.32 Å². The minimum Gasteiger partial charge on any atom is -0.492 e. The number of piperidine rings is 1. The van der Waals surface area contributed by atoms with E-state index in [-0.39, 0.29) is 19.6 Å². The summed E-state index contributed by atoms with van der Waals surface area (Å²) in [5, 5.41) is 3.95. The highest BCUT2D eigenvalue weighted by Crippen LogP contribution is 2.41. The molecular weight excluding hydrogens is 471 g/mol. The highest BCUT2D eigenvalue weighted by Gasteiger charge is 2.49. The maximum atomic E-state index is 13.2. The molecule has 0 unspecified atom stereocenters. The van der Waals surface area contributed by atoms with E-state index in [1.807, 2.05) is 20.8 Å². The molecule has 0 radical (unpaired) electrons. The lowest BCUT2D eigenvalue weighted by atomic mass is 9.79. The van der Waals surface area contributed by atoms with Crippen molar-refractivity contribution in [3.63, 3.8) is 0 Å². The number of nitrogens with zero attached hydrogens (tertiary/aromatic N) is 2. The lowest BCUT2D eigenvalue weighted by molar-refractivity contribution is -0.0892. The second-order valence-electron chi connectivity index (χ2n) is 9.48. The van der Waals surface area contributed by atoms with Crippen LogP contribution in [0.4, 0.5) is 13.2 Å². The number of hydrogen-bond acceptors (Lipinski definition) is 4. The van der Waals surface area contributed by atoms with Gasteiger partial charge in [0.2, 0.25) is 0 Å². The molecule has 2 aliphatic heterocycles. The van der Waals surface area contributed by atoms with E-state index in [0.29, 0.717) is 54.6 Å². The number of likely N-dealkylation sites (tertiary alicyclic amines) is 1. The number of nitrogens with one attached hydrogen (secondary N) is 1. The molecule has 186 valence electrons. The Morgan fingerprint density at radius 1 is 1.18 bits per heavy atom. The maximum absolute atomic E-state index is 13.2. The van der Waals surface area contributed by atoms with Crippen LogP contribution in [0, 0.1) is 0 Å². The van der Waals surface area contributed by atoms with Crippen molar-refractivity contribution in [3.05, 3.63) is 52.3 Å². The van der Waals surface area contributed by atoms with E-state index in [1.54, 1.807) is 29.2 Å². The Bertz CT molecular complexity index is 1120. The quantitative estimate of drug-likeness (QED) is 0.598. The average Bonchev–Trinajstić information content (AvgIpc) is 3.17. The molecule has 1 fully saturated rings. The van der Waals surface area contributed by atoms with Gasteiger partial charge in [-0.05, 0) is 63.9 Å². The first-order valence-corrected chi connectivity index (χ1v) is 11.6. The van der Waals surface area contributed by atoms with Crippen molar-refractivity contribution in [3.8, 4) is 5.75 Å². The molecule has 1 N–H and O–H groups in total. The third-order valence-electron chi connectivity index (χ3n) is 6.48. The zero-order valence-electron chi connectivity index (χ0n) is 19.3. The number of Topliss-reactive ketones (excluding diaryl/α,β-unsaturated/α-hetero) is 1. The molecule has 4 rings (SSSR count). The summed E-state index contributed by atoms with van der Waals surface area (Å²) < 4.78 is 46.4. The van der Waals surface area contributed by atoms with Crippen molar-refractivity contribution in [1.82, 2.24) is 14.8 Å².